The van der Waals surface area contributed by atoms with E-state index in [0.29, 0.717) is 12.3 Å². The van der Waals surface area contributed by atoms with Gasteiger partial charge in [0, 0.05) is 11.4 Å². The van der Waals surface area contributed by atoms with Crippen LogP contribution in [0.15, 0.2) is 30.2 Å². The maximum absolute atomic E-state index is 13.2. The SMILES string of the molecule is C=CCN1C(=O)c2c(sc3c2CCCC3)NC1SCC(=O)c1cccs1. The smallest absolute Gasteiger partial charge is 0.259 e. The number of amides is 1. The number of hydrogen-bond acceptors (Lipinski definition) is 6. The highest BCUT2D eigenvalue weighted by Gasteiger charge is 2.37. The molecule has 1 N–H and O–H groups in total. The molecule has 1 unspecified atom stereocenters. The summed E-state index contributed by atoms with van der Waals surface area (Å²) in [5.41, 5.74) is 1.85. The first-order valence-electron chi connectivity index (χ1n) is 8.70. The van der Waals surface area contributed by atoms with Crippen LogP contribution in [0.3, 0.4) is 0 Å². The van der Waals surface area contributed by atoms with Gasteiger partial charge in [0.2, 0.25) is 0 Å². The molecule has 26 heavy (non-hydrogen) atoms. The van der Waals surface area contributed by atoms with E-state index in [-0.39, 0.29) is 17.2 Å². The molecule has 0 saturated heterocycles. The Labute approximate surface area is 165 Å². The molecule has 0 saturated carbocycles. The van der Waals surface area contributed by atoms with E-state index in [9.17, 15) is 9.59 Å². The van der Waals surface area contributed by atoms with Gasteiger partial charge in [-0.2, -0.15) is 0 Å². The summed E-state index contributed by atoms with van der Waals surface area (Å²) >= 11 is 4.65. The topological polar surface area (TPSA) is 49.4 Å². The van der Waals surface area contributed by atoms with Crippen LogP contribution in [0.25, 0.3) is 0 Å². The minimum absolute atomic E-state index is 0.0686. The molecule has 4 rings (SSSR count). The van der Waals surface area contributed by atoms with Crippen molar-refractivity contribution in [2.24, 2.45) is 0 Å². The van der Waals surface area contributed by atoms with E-state index < -0.39 is 0 Å². The van der Waals surface area contributed by atoms with Gasteiger partial charge in [0.15, 0.2) is 11.3 Å². The van der Waals surface area contributed by atoms with E-state index in [4.69, 9.17) is 0 Å². The summed E-state index contributed by atoms with van der Waals surface area (Å²) in [7, 11) is 0. The molecule has 1 amide bonds. The number of Topliss-reactive ketones (excluding diaryl/α,β-unsaturated/α-hetero) is 1. The number of hydrogen-bond donors (Lipinski definition) is 1. The van der Waals surface area contributed by atoms with Gasteiger partial charge in [-0.25, -0.2) is 0 Å². The van der Waals surface area contributed by atoms with Gasteiger partial charge in [-0.3, -0.25) is 9.59 Å². The van der Waals surface area contributed by atoms with Crippen molar-refractivity contribution in [3.8, 4) is 0 Å². The van der Waals surface area contributed by atoms with Crippen molar-refractivity contribution >= 4 is 51.1 Å². The predicted octanol–water partition coefficient (Wildman–Crippen LogP) is 4.64. The summed E-state index contributed by atoms with van der Waals surface area (Å²) in [5.74, 6) is 0.521. The molecule has 1 aliphatic heterocycles. The first-order chi connectivity index (χ1) is 12.7. The Kier molecular flexibility index (Phi) is 5.20. The quantitative estimate of drug-likeness (QED) is 0.563. The summed E-state index contributed by atoms with van der Waals surface area (Å²) < 4.78 is 0. The number of thiophene rings is 2. The van der Waals surface area contributed by atoms with E-state index in [1.54, 1.807) is 22.3 Å². The number of anilines is 1. The Morgan fingerprint density at radius 2 is 2.27 bits per heavy atom. The Morgan fingerprint density at radius 3 is 3.04 bits per heavy atom. The van der Waals surface area contributed by atoms with E-state index in [2.05, 4.69) is 11.9 Å². The van der Waals surface area contributed by atoms with Gasteiger partial charge in [-0.05, 0) is 42.7 Å². The molecule has 1 aliphatic carbocycles. The second-order valence-electron chi connectivity index (χ2n) is 6.37. The largest absolute Gasteiger partial charge is 0.348 e. The van der Waals surface area contributed by atoms with Crippen LogP contribution < -0.4 is 5.32 Å². The summed E-state index contributed by atoms with van der Waals surface area (Å²) in [6.45, 7) is 4.27. The molecule has 2 aromatic heterocycles. The lowest BCUT2D eigenvalue weighted by atomic mass is 9.94. The second-order valence-corrected chi connectivity index (χ2v) is 9.49. The number of thioether (sulfide) groups is 1. The highest BCUT2D eigenvalue weighted by Crippen LogP contribution is 2.42. The first kappa shape index (κ1) is 17.8. The molecule has 136 valence electrons. The van der Waals surface area contributed by atoms with Crippen LogP contribution in [0, 0.1) is 0 Å². The van der Waals surface area contributed by atoms with Gasteiger partial charge in [-0.15, -0.1) is 41.0 Å². The van der Waals surface area contributed by atoms with Gasteiger partial charge >= 0.3 is 0 Å². The van der Waals surface area contributed by atoms with E-state index >= 15 is 0 Å². The molecule has 0 radical (unpaired) electrons. The van der Waals surface area contributed by atoms with Crippen molar-refractivity contribution in [1.82, 2.24) is 4.90 Å². The Morgan fingerprint density at radius 1 is 1.42 bits per heavy atom. The molecular weight excluding hydrogens is 384 g/mol. The highest BCUT2D eigenvalue weighted by molar-refractivity contribution is 8.00. The molecule has 3 heterocycles. The molecule has 1 atom stereocenters. The van der Waals surface area contributed by atoms with Crippen LogP contribution in [0.4, 0.5) is 5.00 Å². The molecule has 7 heteroatoms. The van der Waals surface area contributed by atoms with Crippen molar-refractivity contribution in [3.63, 3.8) is 0 Å². The van der Waals surface area contributed by atoms with Gasteiger partial charge < -0.3 is 10.2 Å². The zero-order chi connectivity index (χ0) is 18.1. The zero-order valence-electron chi connectivity index (χ0n) is 14.3. The number of aryl methyl sites for hydroxylation is 1. The molecule has 2 aliphatic rings. The monoisotopic (exact) mass is 404 g/mol. The molecule has 0 spiro atoms. The van der Waals surface area contributed by atoms with Crippen molar-refractivity contribution in [2.45, 2.75) is 31.2 Å². The maximum atomic E-state index is 13.2. The predicted molar refractivity (Wildman–Crippen MR) is 111 cm³/mol. The van der Waals surface area contributed by atoms with Crippen molar-refractivity contribution in [1.29, 1.82) is 0 Å². The fourth-order valence-corrected chi connectivity index (χ4v) is 6.61. The molecule has 4 nitrogen and oxygen atoms in total. The van der Waals surface area contributed by atoms with Crippen LogP contribution in [0.1, 0.15) is 43.3 Å². The van der Waals surface area contributed by atoms with E-state index in [1.165, 1.54) is 40.0 Å². The number of rotatable bonds is 6. The van der Waals surface area contributed by atoms with Crippen LogP contribution in [-0.2, 0) is 12.8 Å². The minimum Gasteiger partial charge on any atom is -0.348 e. The van der Waals surface area contributed by atoms with E-state index in [0.717, 1.165) is 34.7 Å². The molecule has 0 fully saturated rings. The first-order valence-corrected chi connectivity index (χ1v) is 11.4. The Balaban J connectivity index is 1.56. The Hall–Kier alpha value is -1.57. The maximum Gasteiger partial charge on any atom is 0.259 e. The number of carbonyl (C=O) groups excluding carboxylic acids is 2. The van der Waals surface area contributed by atoms with Crippen LogP contribution in [-0.4, -0.2) is 34.4 Å². The van der Waals surface area contributed by atoms with Crippen molar-refractivity contribution < 1.29 is 9.59 Å². The fourth-order valence-electron chi connectivity index (χ4n) is 3.45. The lowest BCUT2D eigenvalue weighted by Gasteiger charge is -2.35. The minimum atomic E-state index is -0.239. The second kappa shape index (κ2) is 7.58. The molecule has 0 aromatic carbocycles. The molecule has 2 aromatic rings. The van der Waals surface area contributed by atoms with Gasteiger partial charge in [0.25, 0.3) is 5.91 Å². The number of ketones is 1. The van der Waals surface area contributed by atoms with Crippen LogP contribution in [0.5, 0.6) is 0 Å². The number of nitrogens with zero attached hydrogens (tertiary/aromatic N) is 1. The molecular formula is C19H20N2O2S3. The third-order valence-corrected chi connectivity index (χ3v) is 7.93. The van der Waals surface area contributed by atoms with Crippen LogP contribution in [0.2, 0.25) is 0 Å². The number of nitrogens with one attached hydrogen (secondary N) is 1. The van der Waals surface area contributed by atoms with Crippen LogP contribution >= 0.6 is 34.4 Å². The standard InChI is InChI=1S/C19H20N2O2S3/c1-2-9-21-18(23)16-12-6-3-4-7-14(12)26-17(16)20-19(21)25-11-13(22)15-8-5-10-24-15/h2,5,8,10,19-20H,1,3-4,6-7,9,11H2. The lowest BCUT2D eigenvalue weighted by molar-refractivity contribution is 0.0758. The van der Waals surface area contributed by atoms with Gasteiger partial charge in [0.05, 0.1) is 16.2 Å². The third-order valence-electron chi connectivity index (χ3n) is 4.68. The van der Waals surface area contributed by atoms with Crippen molar-refractivity contribution in [3.05, 3.63) is 51.0 Å². The average molecular weight is 405 g/mol. The number of carbonyl (C=O) groups is 2. The summed E-state index contributed by atoms with van der Waals surface area (Å²) in [6, 6.07) is 3.73. The molecule has 0 bridgehead atoms. The van der Waals surface area contributed by atoms with E-state index in [1.807, 2.05) is 17.5 Å². The lowest BCUT2D eigenvalue weighted by Crippen LogP contribution is -2.47. The number of fused-ring (bicyclic) bond motifs is 3. The normalized spacial score (nSPS) is 18.8. The summed E-state index contributed by atoms with van der Waals surface area (Å²) in [4.78, 5) is 29.4. The Bertz CT molecular complexity index is 841. The zero-order valence-corrected chi connectivity index (χ0v) is 16.8. The summed E-state index contributed by atoms with van der Waals surface area (Å²) in [6.07, 6.45) is 6.16. The summed E-state index contributed by atoms with van der Waals surface area (Å²) in [5, 5.41) is 6.39. The van der Waals surface area contributed by atoms with Gasteiger partial charge in [-0.1, -0.05) is 12.1 Å². The third kappa shape index (κ3) is 3.23. The van der Waals surface area contributed by atoms with Crippen molar-refractivity contribution in [2.75, 3.05) is 17.6 Å². The fraction of sp³-hybridized carbons (Fsp3) is 0.368. The highest BCUT2D eigenvalue weighted by atomic mass is 32.2. The van der Waals surface area contributed by atoms with Gasteiger partial charge in [0.1, 0.15) is 5.00 Å². The average Bonchev–Trinajstić information content (AvgIpc) is 3.29.